The zero-order chi connectivity index (χ0) is 20.5. The lowest BCUT2D eigenvalue weighted by Crippen LogP contribution is -2.36. The van der Waals surface area contributed by atoms with E-state index in [4.69, 9.17) is 0 Å². The average Bonchev–Trinajstić information content (AvgIpc) is 3.23. The van der Waals surface area contributed by atoms with Gasteiger partial charge in [0.1, 0.15) is 0 Å². The van der Waals surface area contributed by atoms with Gasteiger partial charge >= 0.3 is 0 Å². The standard InChI is InChI=1S/C23H30N6.HI/c1-24-23(25-15-19-9-11-20(12-10-19)17-28(2)3)26-16-21-7-4-5-8-22(21)18-29-14-6-13-27-29;/h4-14H,15-18H2,1-3H3,(H2,24,25,26);1H. The van der Waals surface area contributed by atoms with E-state index in [0.29, 0.717) is 6.54 Å². The normalized spacial score (nSPS) is 11.3. The van der Waals surface area contributed by atoms with E-state index in [1.807, 2.05) is 16.9 Å². The van der Waals surface area contributed by atoms with Crippen LogP contribution in [0.4, 0.5) is 0 Å². The zero-order valence-corrected chi connectivity index (χ0v) is 20.2. The molecule has 0 saturated carbocycles. The quantitative estimate of drug-likeness (QED) is 0.273. The first-order valence-electron chi connectivity index (χ1n) is 9.85. The maximum atomic E-state index is 4.35. The van der Waals surface area contributed by atoms with Gasteiger partial charge in [0.25, 0.3) is 0 Å². The highest BCUT2D eigenvalue weighted by atomic mass is 127. The summed E-state index contributed by atoms with van der Waals surface area (Å²) in [5.74, 6) is 0.788. The van der Waals surface area contributed by atoms with E-state index in [1.165, 1.54) is 22.3 Å². The van der Waals surface area contributed by atoms with Crippen LogP contribution in [0, 0.1) is 0 Å². The van der Waals surface area contributed by atoms with Gasteiger partial charge in [-0.2, -0.15) is 5.10 Å². The second-order valence-corrected chi connectivity index (χ2v) is 7.31. The van der Waals surface area contributed by atoms with Gasteiger partial charge in [0, 0.05) is 39.1 Å². The molecular weight excluding hydrogens is 487 g/mol. The molecule has 0 spiro atoms. The van der Waals surface area contributed by atoms with E-state index in [9.17, 15) is 0 Å². The first-order chi connectivity index (χ1) is 14.1. The van der Waals surface area contributed by atoms with E-state index in [1.54, 1.807) is 13.2 Å². The largest absolute Gasteiger partial charge is 0.352 e. The molecule has 3 aromatic rings. The number of nitrogens with one attached hydrogen (secondary N) is 2. The summed E-state index contributed by atoms with van der Waals surface area (Å²) in [5.41, 5.74) is 5.03. The number of nitrogens with zero attached hydrogens (tertiary/aromatic N) is 4. The Morgan fingerprint density at radius 1 is 0.933 bits per heavy atom. The molecule has 0 atom stereocenters. The topological polar surface area (TPSA) is 57.5 Å². The fraction of sp³-hybridized carbons (Fsp3) is 0.304. The highest BCUT2D eigenvalue weighted by molar-refractivity contribution is 14.0. The summed E-state index contributed by atoms with van der Waals surface area (Å²) in [5, 5.41) is 11.1. The average molecular weight is 518 g/mol. The molecule has 160 valence electrons. The lowest BCUT2D eigenvalue weighted by molar-refractivity contribution is 0.402. The number of benzene rings is 2. The van der Waals surface area contributed by atoms with Crippen molar-refractivity contribution in [3.8, 4) is 0 Å². The predicted octanol–water partition coefficient (Wildman–Crippen LogP) is 3.48. The number of hydrogen-bond acceptors (Lipinski definition) is 3. The molecule has 0 amide bonds. The Labute approximate surface area is 196 Å². The molecule has 0 aliphatic heterocycles. The zero-order valence-electron chi connectivity index (χ0n) is 17.9. The maximum Gasteiger partial charge on any atom is 0.191 e. The van der Waals surface area contributed by atoms with Crippen LogP contribution in [0.1, 0.15) is 22.3 Å². The summed E-state index contributed by atoms with van der Waals surface area (Å²) in [6, 6.07) is 19.0. The number of halogens is 1. The summed E-state index contributed by atoms with van der Waals surface area (Å²) in [6.45, 7) is 3.15. The van der Waals surface area contributed by atoms with E-state index < -0.39 is 0 Å². The van der Waals surface area contributed by atoms with Crippen molar-refractivity contribution >= 4 is 29.9 Å². The lowest BCUT2D eigenvalue weighted by Gasteiger charge is -2.15. The molecule has 0 radical (unpaired) electrons. The Bertz CT molecular complexity index is 904. The minimum absolute atomic E-state index is 0. The molecule has 0 aliphatic rings. The molecule has 0 fully saturated rings. The maximum absolute atomic E-state index is 4.35. The molecular formula is C23H31IN6. The summed E-state index contributed by atoms with van der Waals surface area (Å²) >= 11 is 0. The fourth-order valence-electron chi connectivity index (χ4n) is 3.17. The molecule has 2 aromatic carbocycles. The fourth-order valence-corrected chi connectivity index (χ4v) is 3.17. The molecule has 0 aliphatic carbocycles. The van der Waals surface area contributed by atoms with E-state index in [0.717, 1.165) is 25.6 Å². The van der Waals surface area contributed by atoms with Gasteiger partial charge in [0.2, 0.25) is 0 Å². The number of rotatable bonds is 8. The molecule has 0 unspecified atom stereocenters. The summed E-state index contributed by atoms with van der Waals surface area (Å²) in [4.78, 5) is 6.52. The smallest absolute Gasteiger partial charge is 0.191 e. The number of aliphatic imine (C=N–C) groups is 1. The van der Waals surface area contributed by atoms with Crippen LogP contribution in [0.5, 0.6) is 0 Å². The van der Waals surface area contributed by atoms with Crippen LogP contribution in [0.15, 0.2) is 72.0 Å². The summed E-state index contributed by atoms with van der Waals surface area (Å²) in [6.07, 6.45) is 3.79. The molecule has 6 nitrogen and oxygen atoms in total. The van der Waals surface area contributed by atoms with Crippen LogP contribution in [0.2, 0.25) is 0 Å². The number of aromatic nitrogens is 2. The number of guanidine groups is 1. The Hall–Kier alpha value is -2.39. The highest BCUT2D eigenvalue weighted by Crippen LogP contribution is 2.10. The molecule has 7 heteroatoms. The first-order valence-corrected chi connectivity index (χ1v) is 9.85. The van der Waals surface area contributed by atoms with Crippen LogP contribution in [0.25, 0.3) is 0 Å². The van der Waals surface area contributed by atoms with Crippen molar-refractivity contribution < 1.29 is 0 Å². The van der Waals surface area contributed by atoms with Crippen molar-refractivity contribution in [3.63, 3.8) is 0 Å². The van der Waals surface area contributed by atoms with E-state index in [-0.39, 0.29) is 24.0 Å². The van der Waals surface area contributed by atoms with Crippen molar-refractivity contribution in [2.75, 3.05) is 21.1 Å². The molecule has 1 heterocycles. The van der Waals surface area contributed by atoms with Crippen LogP contribution in [-0.2, 0) is 26.2 Å². The molecule has 0 saturated heterocycles. The Kier molecular flexibility index (Phi) is 9.82. The minimum atomic E-state index is 0. The van der Waals surface area contributed by atoms with Gasteiger partial charge in [0.05, 0.1) is 6.54 Å². The van der Waals surface area contributed by atoms with Crippen molar-refractivity contribution in [3.05, 3.63) is 89.2 Å². The third-order valence-corrected chi connectivity index (χ3v) is 4.66. The van der Waals surface area contributed by atoms with Crippen LogP contribution in [-0.4, -0.2) is 41.8 Å². The Balaban J connectivity index is 0.00000320. The monoisotopic (exact) mass is 518 g/mol. The van der Waals surface area contributed by atoms with Gasteiger partial charge in [0.15, 0.2) is 5.96 Å². The molecule has 30 heavy (non-hydrogen) atoms. The van der Waals surface area contributed by atoms with E-state index in [2.05, 4.69) is 88.3 Å². The first kappa shape index (κ1) is 23.9. The van der Waals surface area contributed by atoms with E-state index >= 15 is 0 Å². The van der Waals surface area contributed by atoms with Gasteiger partial charge in [-0.15, -0.1) is 24.0 Å². The highest BCUT2D eigenvalue weighted by Gasteiger charge is 2.05. The van der Waals surface area contributed by atoms with Crippen molar-refractivity contribution in [2.24, 2.45) is 4.99 Å². The Morgan fingerprint density at radius 2 is 1.60 bits per heavy atom. The van der Waals surface area contributed by atoms with Crippen molar-refractivity contribution in [1.82, 2.24) is 25.3 Å². The van der Waals surface area contributed by atoms with Gasteiger partial charge in [-0.25, -0.2) is 0 Å². The van der Waals surface area contributed by atoms with Gasteiger partial charge in [-0.1, -0.05) is 48.5 Å². The second-order valence-electron chi connectivity index (χ2n) is 7.31. The molecule has 0 bridgehead atoms. The van der Waals surface area contributed by atoms with Crippen LogP contribution >= 0.6 is 24.0 Å². The van der Waals surface area contributed by atoms with Gasteiger partial charge < -0.3 is 15.5 Å². The molecule has 2 N–H and O–H groups in total. The van der Waals surface area contributed by atoms with Gasteiger partial charge in [-0.3, -0.25) is 9.67 Å². The summed E-state index contributed by atoms with van der Waals surface area (Å²) in [7, 11) is 5.96. The lowest BCUT2D eigenvalue weighted by atomic mass is 10.1. The van der Waals surface area contributed by atoms with Crippen LogP contribution in [0.3, 0.4) is 0 Å². The van der Waals surface area contributed by atoms with Crippen LogP contribution < -0.4 is 10.6 Å². The summed E-state index contributed by atoms with van der Waals surface area (Å²) < 4.78 is 1.94. The molecule has 1 aromatic heterocycles. The van der Waals surface area contributed by atoms with Crippen molar-refractivity contribution in [2.45, 2.75) is 26.2 Å². The van der Waals surface area contributed by atoms with Crippen molar-refractivity contribution in [1.29, 1.82) is 0 Å². The van der Waals surface area contributed by atoms with Gasteiger partial charge in [-0.05, 0) is 42.4 Å². The number of hydrogen-bond donors (Lipinski definition) is 2. The third kappa shape index (κ3) is 7.46. The minimum Gasteiger partial charge on any atom is -0.352 e. The second kappa shape index (κ2) is 12.3. The SMILES string of the molecule is CN=C(NCc1ccc(CN(C)C)cc1)NCc1ccccc1Cn1cccn1.I. The third-order valence-electron chi connectivity index (χ3n) is 4.66. The Morgan fingerprint density at radius 3 is 2.23 bits per heavy atom. The molecule has 3 rings (SSSR count). The predicted molar refractivity (Wildman–Crippen MR) is 134 cm³/mol.